The second-order valence-electron chi connectivity index (χ2n) is 18.6. The predicted octanol–water partition coefficient (Wildman–Crippen LogP) is 17.0. The Morgan fingerprint density at radius 3 is 2.12 bits per heavy atom. The molecule has 66 heavy (non-hydrogen) atoms. The highest BCUT2D eigenvalue weighted by Crippen LogP contribution is 2.58. The van der Waals surface area contributed by atoms with Crippen LogP contribution in [0, 0.1) is 5.92 Å². The Morgan fingerprint density at radius 1 is 0.576 bits per heavy atom. The van der Waals surface area contributed by atoms with Crippen LogP contribution in [0.15, 0.2) is 222 Å². The average molecular weight is 883 g/mol. The van der Waals surface area contributed by atoms with E-state index in [1.807, 2.05) is 11.3 Å². The lowest BCUT2D eigenvalue weighted by Crippen LogP contribution is -2.37. The number of rotatable bonds is 6. The fraction of sp³-hybridized carbons (Fsp3) is 0.129. The van der Waals surface area contributed by atoms with E-state index >= 15 is 0 Å². The van der Waals surface area contributed by atoms with Crippen molar-refractivity contribution in [3.63, 3.8) is 0 Å². The van der Waals surface area contributed by atoms with Crippen molar-refractivity contribution in [1.82, 2.24) is 0 Å². The number of thiophene rings is 1. The van der Waals surface area contributed by atoms with Crippen molar-refractivity contribution in [2.24, 2.45) is 5.92 Å². The molecular weight excluding hydrogens is 837 g/mol. The van der Waals surface area contributed by atoms with Gasteiger partial charge in [-0.2, -0.15) is 0 Å². The third-order valence-corrected chi connectivity index (χ3v) is 17.6. The van der Waals surface area contributed by atoms with Crippen LogP contribution in [0.2, 0.25) is 0 Å². The fourth-order valence-corrected chi connectivity index (χ4v) is 14.6. The van der Waals surface area contributed by atoms with E-state index in [2.05, 4.69) is 228 Å². The molecule has 4 atom stereocenters. The first kappa shape index (κ1) is 38.4. The molecular formula is C62H46N2S2. The lowest BCUT2D eigenvalue weighted by molar-refractivity contribution is 0.534. The third kappa shape index (κ3) is 6.22. The zero-order chi connectivity index (χ0) is 43.3. The number of anilines is 3. The summed E-state index contributed by atoms with van der Waals surface area (Å²) in [5.41, 5.74) is 12.0. The number of thioether (sulfide) groups is 1. The normalized spacial score (nSPS) is 20.5. The molecule has 1 aromatic heterocycles. The molecule has 1 aliphatic heterocycles. The highest BCUT2D eigenvalue weighted by molar-refractivity contribution is 8.00. The molecule has 0 spiro atoms. The number of allylic oxidation sites excluding steroid dienone is 8. The van der Waals surface area contributed by atoms with Gasteiger partial charge < -0.3 is 9.80 Å². The summed E-state index contributed by atoms with van der Waals surface area (Å²) in [5.74, 6) is 0.858. The van der Waals surface area contributed by atoms with Crippen LogP contribution in [0.4, 0.5) is 17.1 Å². The average Bonchev–Trinajstić information content (AvgIpc) is 3.96. The second-order valence-corrected chi connectivity index (χ2v) is 20.9. The molecule has 5 aliphatic rings. The van der Waals surface area contributed by atoms with E-state index in [0.717, 1.165) is 19.3 Å². The lowest BCUT2D eigenvalue weighted by atomic mass is 9.81. The highest BCUT2D eigenvalue weighted by Gasteiger charge is 2.38. The Morgan fingerprint density at radius 2 is 1.30 bits per heavy atom. The quantitative estimate of drug-likeness (QED) is 0.164. The molecule has 0 bridgehead atoms. The van der Waals surface area contributed by atoms with Crippen molar-refractivity contribution < 1.29 is 0 Å². The van der Waals surface area contributed by atoms with Gasteiger partial charge >= 0.3 is 0 Å². The summed E-state index contributed by atoms with van der Waals surface area (Å²) in [5, 5.41) is 10.8. The largest absolute Gasteiger partial charge is 0.338 e. The standard InChI is InChI=1S/C62H46N2S2/c1-5-15-43-33-47(25-21-39(43)11-1)63(48-26-22-40-12-2-6-16-44(40)34-48)51-29-31-55-57(37-51)65-61-59(55)53-19-9-10-20-54(53)60-56-32-30-52(38-58(56)66-62(60)61)64(49-27-23-41-13-3-7-17-45(41)35-49)50-28-24-42-14-4-8-18-46(42)36-50/h1-7,9-17,19-34,37-38,46,49,55,57H,8,18,35-36H2. The van der Waals surface area contributed by atoms with Crippen molar-refractivity contribution in [2.75, 3.05) is 9.80 Å². The van der Waals surface area contributed by atoms with Crippen molar-refractivity contribution in [1.29, 1.82) is 0 Å². The van der Waals surface area contributed by atoms with Crippen LogP contribution in [0.5, 0.6) is 0 Å². The first-order valence-electron chi connectivity index (χ1n) is 23.6. The Balaban J connectivity index is 0.888. The SMILES string of the molecule is C1=CC2=CC=C(N(c3ccc4c(c3)sc3c5c(c6ccccc6c34)C3C=CC(N(c4ccc6ccccc6c4)c4ccc6ccccc6c4)=CC3S5)C3C=Cc4ccccc4C3)CC2CC1. The topological polar surface area (TPSA) is 6.48 Å². The summed E-state index contributed by atoms with van der Waals surface area (Å²) in [6.07, 6.45) is 26.2. The van der Waals surface area contributed by atoms with Gasteiger partial charge in [0.2, 0.25) is 0 Å². The summed E-state index contributed by atoms with van der Waals surface area (Å²) < 4.78 is 2.79. The third-order valence-electron chi connectivity index (χ3n) is 14.9. The molecule has 2 nitrogen and oxygen atoms in total. The molecule has 4 unspecified atom stereocenters. The molecule has 0 amide bonds. The number of nitrogens with zero attached hydrogens (tertiary/aromatic N) is 2. The number of fused-ring (bicyclic) bond motifs is 14. The molecule has 316 valence electrons. The Hall–Kier alpha value is -6.85. The molecule has 14 rings (SSSR count). The fourth-order valence-electron chi connectivity index (χ4n) is 11.7. The van der Waals surface area contributed by atoms with Gasteiger partial charge in [0.05, 0.1) is 10.7 Å². The maximum atomic E-state index is 2.68. The van der Waals surface area contributed by atoms with Gasteiger partial charge in [-0.05, 0) is 141 Å². The first-order valence-corrected chi connectivity index (χ1v) is 25.3. The van der Waals surface area contributed by atoms with Gasteiger partial charge in [-0.15, -0.1) is 23.1 Å². The van der Waals surface area contributed by atoms with E-state index in [-0.39, 0.29) is 17.2 Å². The van der Waals surface area contributed by atoms with Crippen LogP contribution >= 0.6 is 23.1 Å². The second kappa shape index (κ2) is 15.4. The maximum Gasteiger partial charge on any atom is 0.0562 e. The van der Waals surface area contributed by atoms with Crippen molar-refractivity contribution in [3.05, 3.63) is 234 Å². The summed E-state index contributed by atoms with van der Waals surface area (Å²) >= 11 is 4.07. The van der Waals surface area contributed by atoms with E-state index in [9.17, 15) is 0 Å². The van der Waals surface area contributed by atoms with Gasteiger partial charge in [0.25, 0.3) is 0 Å². The van der Waals surface area contributed by atoms with E-state index in [0.29, 0.717) is 5.92 Å². The van der Waals surface area contributed by atoms with Gasteiger partial charge in [0, 0.05) is 60.0 Å². The minimum atomic E-state index is 0.243. The van der Waals surface area contributed by atoms with Crippen LogP contribution < -0.4 is 9.80 Å². The first-order chi connectivity index (χ1) is 32.7. The summed E-state index contributed by atoms with van der Waals surface area (Å²) in [4.78, 5) is 6.61. The van der Waals surface area contributed by atoms with Gasteiger partial charge in [0.15, 0.2) is 0 Å². The molecule has 4 aliphatic carbocycles. The van der Waals surface area contributed by atoms with E-state index in [1.165, 1.54) is 115 Å². The van der Waals surface area contributed by atoms with Gasteiger partial charge in [-0.3, -0.25) is 0 Å². The monoisotopic (exact) mass is 882 g/mol. The zero-order valence-electron chi connectivity index (χ0n) is 36.5. The molecule has 0 radical (unpaired) electrons. The highest BCUT2D eigenvalue weighted by atomic mass is 32.2. The predicted molar refractivity (Wildman–Crippen MR) is 285 cm³/mol. The minimum Gasteiger partial charge on any atom is -0.338 e. The number of hydrogen-bond acceptors (Lipinski definition) is 4. The Bertz CT molecular complexity index is 3610. The molecule has 8 aromatic carbocycles. The van der Waals surface area contributed by atoms with E-state index in [4.69, 9.17) is 0 Å². The molecule has 9 aromatic rings. The number of benzene rings is 8. The van der Waals surface area contributed by atoms with Crippen LogP contribution in [0.1, 0.15) is 41.9 Å². The van der Waals surface area contributed by atoms with Gasteiger partial charge in [-0.25, -0.2) is 0 Å². The van der Waals surface area contributed by atoms with Crippen LogP contribution in [-0.2, 0) is 6.42 Å². The Kier molecular flexibility index (Phi) is 8.95. The molecule has 0 fully saturated rings. The van der Waals surface area contributed by atoms with E-state index < -0.39 is 0 Å². The molecule has 4 heteroatoms. The van der Waals surface area contributed by atoms with Crippen LogP contribution in [0.25, 0.3) is 58.6 Å². The molecule has 0 saturated heterocycles. The summed E-state index contributed by atoms with van der Waals surface area (Å²) in [6, 6.07) is 57.0. The summed E-state index contributed by atoms with van der Waals surface area (Å²) in [7, 11) is 0. The van der Waals surface area contributed by atoms with Crippen LogP contribution in [-0.4, -0.2) is 11.3 Å². The Labute approximate surface area is 393 Å². The smallest absolute Gasteiger partial charge is 0.0562 e. The zero-order valence-corrected chi connectivity index (χ0v) is 38.1. The molecule has 0 N–H and O–H groups in total. The minimum absolute atomic E-state index is 0.243. The van der Waals surface area contributed by atoms with E-state index in [1.54, 1.807) is 0 Å². The van der Waals surface area contributed by atoms with Crippen molar-refractivity contribution in [3.8, 4) is 0 Å². The van der Waals surface area contributed by atoms with Crippen LogP contribution in [0.3, 0.4) is 0 Å². The maximum absolute atomic E-state index is 2.68. The molecule has 0 saturated carbocycles. The lowest BCUT2D eigenvalue weighted by Gasteiger charge is -2.39. The summed E-state index contributed by atoms with van der Waals surface area (Å²) in [6.45, 7) is 0. The van der Waals surface area contributed by atoms with Crippen molar-refractivity contribution >= 4 is 98.7 Å². The number of hydrogen-bond donors (Lipinski definition) is 0. The van der Waals surface area contributed by atoms with Gasteiger partial charge in [0.1, 0.15) is 0 Å². The van der Waals surface area contributed by atoms with Crippen molar-refractivity contribution in [2.45, 2.75) is 47.8 Å². The van der Waals surface area contributed by atoms with Gasteiger partial charge in [-0.1, -0.05) is 152 Å². The molecule has 2 heterocycles.